The molecule has 0 aliphatic carbocycles. The Balaban J connectivity index is 2.68. The van der Waals surface area contributed by atoms with E-state index in [1.54, 1.807) is 44.2 Å². The second-order valence-corrected chi connectivity index (χ2v) is 23.1. The van der Waals surface area contributed by atoms with E-state index in [-0.39, 0.29) is 115 Å². The highest BCUT2D eigenvalue weighted by molar-refractivity contribution is 5.99. The van der Waals surface area contributed by atoms with Gasteiger partial charge in [0.2, 0.25) is 59.1 Å². The largest absolute Gasteiger partial charge is 0.481 e. The van der Waals surface area contributed by atoms with Gasteiger partial charge in [-0.25, -0.2) is 9.78 Å². The van der Waals surface area contributed by atoms with E-state index in [2.05, 4.69) is 67.8 Å². The first-order chi connectivity index (χ1) is 44.5. The number of aromatic amines is 1. The van der Waals surface area contributed by atoms with Gasteiger partial charge in [0, 0.05) is 37.8 Å². The van der Waals surface area contributed by atoms with Crippen LogP contribution in [0.25, 0.3) is 0 Å². The van der Waals surface area contributed by atoms with E-state index in [1.807, 2.05) is 13.8 Å². The van der Waals surface area contributed by atoms with Crippen LogP contribution in [0.15, 0.2) is 52.8 Å². The van der Waals surface area contributed by atoms with Crippen molar-refractivity contribution in [3.05, 3.63) is 54.1 Å². The fraction of sp³-hybridized carbons (Fsp3) is 0.610. The maximum atomic E-state index is 14.8. The minimum Gasteiger partial charge on any atom is -0.481 e. The van der Waals surface area contributed by atoms with Crippen molar-refractivity contribution < 1.29 is 67.7 Å². The fourth-order valence-corrected chi connectivity index (χ4v) is 9.48. The molecule has 0 saturated carbocycles. The first-order valence-corrected chi connectivity index (χ1v) is 31.2. The second-order valence-electron chi connectivity index (χ2n) is 23.1. The van der Waals surface area contributed by atoms with Gasteiger partial charge in [0.1, 0.15) is 54.4 Å². The third-order valence-corrected chi connectivity index (χ3v) is 14.7. The number of aromatic nitrogens is 2. The zero-order chi connectivity index (χ0) is 70.5. The summed E-state index contributed by atoms with van der Waals surface area (Å²) in [6.45, 7) is 7.19. The van der Waals surface area contributed by atoms with Crippen LogP contribution in [0.5, 0.6) is 0 Å². The van der Waals surface area contributed by atoms with E-state index in [0.29, 0.717) is 30.5 Å². The van der Waals surface area contributed by atoms with Crippen LogP contribution in [0.1, 0.15) is 129 Å². The molecular weight excluding hydrogens is 1230 g/mol. The number of carboxylic acids is 2. The summed E-state index contributed by atoms with van der Waals surface area (Å²) in [6.07, 6.45) is 1.88. The number of unbranched alkanes of at least 4 members (excludes halogenated alkanes) is 2. The molecule has 0 aliphatic rings. The number of nitrogens with zero attached hydrogens (tertiary/aromatic N) is 3. The molecule has 524 valence electrons. The highest BCUT2D eigenvalue weighted by Gasteiger charge is 2.37. The summed E-state index contributed by atoms with van der Waals surface area (Å²) in [5.74, 6) is -13.6. The Kier molecular flexibility index (Phi) is 37.2. The normalized spacial score (nSPS) is 14.6. The van der Waals surface area contributed by atoms with E-state index in [9.17, 15) is 67.7 Å². The van der Waals surface area contributed by atoms with Gasteiger partial charge in [-0.1, -0.05) is 64.4 Å². The van der Waals surface area contributed by atoms with Crippen LogP contribution in [0, 0.1) is 11.8 Å². The molecule has 1 heterocycles. The van der Waals surface area contributed by atoms with Crippen molar-refractivity contribution in [2.75, 3.05) is 26.2 Å². The maximum Gasteiger partial charge on any atom is 0.326 e. The number of benzene rings is 1. The molecule has 0 fully saturated rings. The molecule has 0 bridgehead atoms. The number of aliphatic imine (C=N–C) groups is 2. The van der Waals surface area contributed by atoms with Crippen LogP contribution >= 0.6 is 0 Å². The highest BCUT2D eigenvalue weighted by atomic mass is 16.4. The number of nitrogens with two attached hydrogens (primary N) is 8. The summed E-state index contributed by atoms with van der Waals surface area (Å²) in [5, 5.41) is 42.5. The first kappa shape index (κ1) is 80.6. The van der Waals surface area contributed by atoms with E-state index < -0.39 is 150 Å². The number of hydrogen-bond acceptors (Lipinski definition) is 18. The number of hydrogen-bond donors (Lipinski definition) is 20. The van der Waals surface area contributed by atoms with Crippen molar-refractivity contribution in [2.45, 2.75) is 191 Å². The average Bonchev–Trinajstić information content (AvgIpc) is 1.43. The Morgan fingerprint density at radius 1 is 0.511 bits per heavy atom. The molecule has 94 heavy (non-hydrogen) atoms. The maximum absolute atomic E-state index is 14.8. The number of aliphatic carboxylic acids is 2. The van der Waals surface area contributed by atoms with Crippen molar-refractivity contribution in [1.82, 2.24) is 57.8 Å². The Bertz CT molecular complexity index is 2840. The topological polar surface area (TPSA) is 615 Å². The van der Waals surface area contributed by atoms with Gasteiger partial charge in [0.15, 0.2) is 11.9 Å². The molecule has 2 rings (SSSR count). The molecule has 0 aliphatic heterocycles. The van der Waals surface area contributed by atoms with Crippen LogP contribution in [0.3, 0.4) is 0 Å². The lowest BCUT2D eigenvalue weighted by molar-refractivity contribution is -0.144. The van der Waals surface area contributed by atoms with Gasteiger partial charge in [0.25, 0.3) is 0 Å². The van der Waals surface area contributed by atoms with Crippen LogP contribution < -0.4 is 93.7 Å². The number of rotatable bonds is 47. The van der Waals surface area contributed by atoms with Gasteiger partial charge < -0.3 is 109 Å². The molecule has 0 radical (unpaired) electrons. The van der Waals surface area contributed by atoms with Crippen molar-refractivity contribution in [1.29, 1.82) is 0 Å². The number of carboxylic acid groups (broad SMARTS) is 2. The van der Waals surface area contributed by atoms with Gasteiger partial charge in [-0.05, 0) is 101 Å². The molecule has 35 nitrogen and oxygen atoms in total. The Morgan fingerprint density at radius 3 is 1.30 bits per heavy atom. The number of imidazole rings is 1. The summed E-state index contributed by atoms with van der Waals surface area (Å²) in [4.78, 5) is 179. The lowest BCUT2D eigenvalue weighted by Gasteiger charge is -2.28. The smallest absolute Gasteiger partial charge is 0.326 e. The number of primary amides is 1. The fourth-order valence-electron chi connectivity index (χ4n) is 9.48. The van der Waals surface area contributed by atoms with Gasteiger partial charge in [-0.2, -0.15) is 0 Å². The van der Waals surface area contributed by atoms with E-state index >= 15 is 0 Å². The second kappa shape index (κ2) is 43.3. The molecule has 28 N–H and O–H groups in total. The number of carbonyl (C=O) groups excluding carboxylic acids is 10. The molecule has 0 unspecified atom stereocenters. The predicted molar refractivity (Wildman–Crippen MR) is 346 cm³/mol. The molecule has 0 spiro atoms. The molecule has 35 heteroatoms. The third kappa shape index (κ3) is 31.7. The highest BCUT2D eigenvalue weighted by Crippen LogP contribution is 2.14. The van der Waals surface area contributed by atoms with Crippen LogP contribution in [0.2, 0.25) is 0 Å². The Labute approximate surface area is 545 Å². The number of guanidine groups is 2. The monoisotopic (exact) mass is 1330 g/mol. The zero-order valence-corrected chi connectivity index (χ0v) is 53.9. The number of H-pyrrole nitrogens is 1. The van der Waals surface area contributed by atoms with Crippen LogP contribution in [-0.2, 0) is 70.4 Å². The van der Waals surface area contributed by atoms with E-state index in [0.717, 1.165) is 0 Å². The summed E-state index contributed by atoms with van der Waals surface area (Å²) in [5.41, 5.74) is 46.3. The number of carbonyl (C=O) groups is 12. The quantitative estimate of drug-likeness (QED) is 0.0167. The van der Waals surface area contributed by atoms with Crippen molar-refractivity contribution in [3.8, 4) is 0 Å². The van der Waals surface area contributed by atoms with Gasteiger partial charge in [-0.15, -0.1) is 0 Å². The molecule has 1 aromatic heterocycles. The number of nitrogens with one attached hydrogen (secondary N) is 10. The lowest BCUT2D eigenvalue weighted by atomic mass is 9.98. The summed E-state index contributed by atoms with van der Waals surface area (Å²) in [6, 6.07) is -6.60. The lowest BCUT2D eigenvalue weighted by Crippen LogP contribution is -2.61. The van der Waals surface area contributed by atoms with Crippen LogP contribution in [0.4, 0.5) is 0 Å². The van der Waals surface area contributed by atoms with Crippen molar-refractivity contribution >= 4 is 82.9 Å². The zero-order valence-electron chi connectivity index (χ0n) is 53.9. The van der Waals surface area contributed by atoms with Crippen molar-refractivity contribution in [2.24, 2.45) is 67.7 Å². The molecule has 2 aromatic rings. The molecule has 1 aromatic carbocycles. The van der Waals surface area contributed by atoms with E-state index in [4.69, 9.17) is 45.9 Å². The van der Waals surface area contributed by atoms with E-state index in [1.165, 1.54) is 12.5 Å². The molecular formula is C59H99N21O14. The van der Waals surface area contributed by atoms with Crippen LogP contribution in [-0.4, -0.2) is 190 Å². The predicted octanol–water partition coefficient (Wildman–Crippen LogP) is -5.22. The first-order valence-electron chi connectivity index (χ1n) is 31.2. The number of amides is 10. The molecule has 0 saturated heterocycles. The Morgan fingerprint density at radius 2 is 0.904 bits per heavy atom. The summed E-state index contributed by atoms with van der Waals surface area (Å²) < 4.78 is 0. The average molecular weight is 1330 g/mol. The van der Waals surface area contributed by atoms with Gasteiger partial charge >= 0.3 is 11.9 Å². The Hall–Kier alpha value is -9.51. The van der Waals surface area contributed by atoms with Crippen molar-refractivity contribution in [3.63, 3.8) is 0 Å². The molecule has 10 amide bonds. The van der Waals surface area contributed by atoms with Gasteiger partial charge in [-0.3, -0.25) is 62.7 Å². The third-order valence-electron chi connectivity index (χ3n) is 14.7. The summed E-state index contributed by atoms with van der Waals surface area (Å²) >= 11 is 0. The van der Waals surface area contributed by atoms with Gasteiger partial charge in [0.05, 0.1) is 25.2 Å². The standard InChI is InChI=1S/C59H99N21O14/c1-5-33(4)47(57(93)94)80-56(92)43(28-45(63)81)79-54(90)42(27-35-30-68-31-71-35)78-53(89)41(26-34-15-7-6-8-16-34)77-52(88)40(20-14-24-70-59(66)67)74-51(87)39(19-13-23-69-58(64)65)73-49(85)37(17-9-11-21-60)72-50(86)38(18-10-12-22-61)75-55(91)44(29-46(82)83)76-48(84)36(62)25-32(2)3/h6-8,15-16,30-33,36-44,47H,5,9-14,17-29,60-62H2,1-4H3,(H2,63,81)(H,68,71)(H,72,86)(H,73,85)(H,74,87)(H,75,91)(H,76,84)(H,77,88)(H,78,89)(H,79,90)(H,80,92)(H,82,83)(H,93,94)(H4,64,65,69)(H4,66,67,70)/t33-,36-,37-,38-,39-,40-,41-,42-,43-,44-,47-/m0/s1. The molecule has 11 atom stereocenters. The minimum absolute atomic E-state index is 0.0242. The minimum atomic E-state index is -1.72. The SMILES string of the molecule is CC[C@H](C)[C@H](NC(=O)[C@H](CC(N)=O)NC(=O)[C@H](Cc1cnc[nH]1)NC(=O)[C@H](Cc1ccccc1)NC(=O)[C@H](CCCN=C(N)N)NC(=O)[C@H](CCCN=C(N)N)NC(=O)[C@H](CCCCN)NC(=O)[C@H](CCCCN)NC(=O)[C@H](CC(=O)O)NC(=O)[C@@H](N)CC(C)C)C(=O)O. The summed E-state index contributed by atoms with van der Waals surface area (Å²) in [7, 11) is 0.